The van der Waals surface area contributed by atoms with Gasteiger partial charge >= 0.3 is 6.03 Å². The lowest BCUT2D eigenvalue weighted by atomic mass is 9.93. The maximum absolute atomic E-state index is 12.5. The van der Waals surface area contributed by atoms with Crippen LogP contribution in [0.3, 0.4) is 0 Å². The van der Waals surface area contributed by atoms with Crippen LogP contribution in [-0.2, 0) is 5.54 Å². The van der Waals surface area contributed by atoms with Gasteiger partial charge in [0.05, 0.1) is 29.2 Å². The van der Waals surface area contributed by atoms with Crippen LogP contribution in [-0.4, -0.2) is 27.5 Å². The third-order valence-corrected chi connectivity index (χ3v) is 4.17. The topological polar surface area (TPSA) is 79.2 Å². The first-order valence-corrected chi connectivity index (χ1v) is 8.09. The molecule has 0 aliphatic rings. The molecule has 1 aromatic carbocycles. The Kier molecular flexibility index (Phi) is 5.29. The summed E-state index contributed by atoms with van der Waals surface area (Å²) in [5, 5.41) is 20.0. The fourth-order valence-electron chi connectivity index (χ4n) is 2.75. The molecule has 0 saturated heterocycles. The van der Waals surface area contributed by atoms with Crippen molar-refractivity contribution in [3.8, 4) is 0 Å². The molecule has 0 aliphatic heterocycles. The third kappa shape index (κ3) is 3.59. The van der Waals surface area contributed by atoms with Crippen LogP contribution in [0, 0.1) is 13.8 Å². The maximum atomic E-state index is 12.5. The zero-order valence-electron chi connectivity index (χ0n) is 14.9. The van der Waals surface area contributed by atoms with E-state index in [2.05, 4.69) is 15.7 Å². The van der Waals surface area contributed by atoms with Gasteiger partial charge in [0.2, 0.25) is 0 Å². The zero-order chi connectivity index (χ0) is 17.9. The first-order chi connectivity index (χ1) is 11.3. The Morgan fingerprint density at radius 1 is 1.29 bits per heavy atom. The van der Waals surface area contributed by atoms with E-state index in [9.17, 15) is 9.90 Å². The predicted octanol–water partition coefficient (Wildman–Crippen LogP) is 3.11. The minimum absolute atomic E-state index is 0.201. The molecule has 24 heavy (non-hydrogen) atoms. The molecule has 0 saturated carbocycles. The Balaban J connectivity index is 2.19. The number of aliphatic hydroxyl groups excluding tert-OH is 1. The molecule has 0 bridgehead atoms. The molecule has 0 spiro atoms. The largest absolute Gasteiger partial charge is 0.394 e. The second kappa shape index (κ2) is 7.05. The van der Waals surface area contributed by atoms with Crippen LogP contribution >= 0.6 is 0 Å². The van der Waals surface area contributed by atoms with E-state index in [1.54, 1.807) is 6.92 Å². The minimum Gasteiger partial charge on any atom is -0.394 e. The molecule has 130 valence electrons. The molecule has 1 aromatic heterocycles. The van der Waals surface area contributed by atoms with Crippen LogP contribution in [0.4, 0.5) is 10.5 Å². The fourth-order valence-corrected chi connectivity index (χ4v) is 2.75. The average molecular weight is 330 g/mol. The number of aryl methyl sites for hydroxylation is 1. The van der Waals surface area contributed by atoms with Gasteiger partial charge in [-0.25, -0.2) is 4.79 Å². The molecule has 0 fully saturated rings. The number of aromatic nitrogens is 2. The molecule has 0 aliphatic carbocycles. The minimum atomic E-state index is -0.860. The SMILES string of the molecule is Cc1nn(C(C)C)c(C)c1NC(=O)NC(C)(CO)c1ccccc1. The van der Waals surface area contributed by atoms with Crippen molar-refractivity contribution in [2.24, 2.45) is 0 Å². The van der Waals surface area contributed by atoms with Gasteiger partial charge in [0, 0.05) is 6.04 Å². The molecule has 6 heteroatoms. The van der Waals surface area contributed by atoms with Gasteiger partial charge in [-0.3, -0.25) is 4.68 Å². The standard InChI is InChI=1S/C18H26N4O2/c1-12(2)22-14(4)16(13(3)21-22)19-17(24)20-18(5,11-23)15-9-7-6-8-10-15/h6-10,12,23H,11H2,1-5H3,(H2,19,20,24). The highest BCUT2D eigenvalue weighted by Crippen LogP contribution is 2.24. The van der Waals surface area contributed by atoms with E-state index in [1.807, 2.05) is 62.7 Å². The average Bonchev–Trinajstić information content (AvgIpc) is 2.84. The molecule has 0 radical (unpaired) electrons. The number of carbonyl (C=O) groups excluding carboxylic acids is 1. The summed E-state index contributed by atoms with van der Waals surface area (Å²) in [5.41, 5.74) is 2.36. The van der Waals surface area contributed by atoms with Crippen molar-refractivity contribution in [2.75, 3.05) is 11.9 Å². The van der Waals surface area contributed by atoms with Crippen molar-refractivity contribution in [3.05, 3.63) is 47.3 Å². The normalized spacial score (nSPS) is 13.6. The van der Waals surface area contributed by atoms with Crippen LogP contribution in [0.1, 0.15) is 43.8 Å². The molecule has 1 heterocycles. The summed E-state index contributed by atoms with van der Waals surface area (Å²) in [7, 11) is 0. The Morgan fingerprint density at radius 3 is 2.42 bits per heavy atom. The highest BCUT2D eigenvalue weighted by molar-refractivity contribution is 5.91. The lowest BCUT2D eigenvalue weighted by molar-refractivity contribution is 0.176. The number of aliphatic hydroxyl groups is 1. The fraction of sp³-hybridized carbons (Fsp3) is 0.444. The molecular weight excluding hydrogens is 304 g/mol. The van der Waals surface area contributed by atoms with E-state index >= 15 is 0 Å². The van der Waals surface area contributed by atoms with Crippen LogP contribution < -0.4 is 10.6 Å². The number of nitrogens with zero attached hydrogens (tertiary/aromatic N) is 2. The summed E-state index contributed by atoms with van der Waals surface area (Å²) < 4.78 is 1.88. The molecular formula is C18H26N4O2. The number of hydrogen-bond donors (Lipinski definition) is 3. The van der Waals surface area contributed by atoms with E-state index in [-0.39, 0.29) is 18.7 Å². The van der Waals surface area contributed by atoms with Crippen molar-refractivity contribution in [1.29, 1.82) is 0 Å². The highest BCUT2D eigenvalue weighted by atomic mass is 16.3. The van der Waals surface area contributed by atoms with Crippen molar-refractivity contribution in [2.45, 2.75) is 46.2 Å². The first kappa shape index (κ1) is 18.0. The molecule has 6 nitrogen and oxygen atoms in total. The molecule has 2 rings (SSSR count). The summed E-state index contributed by atoms with van der Waals surface area (Å²) in [6.45, 7) is 9.47. The van der Waals surface area contributed by atoms with Crippen molar-refractivity contribution in [3.63, 3.8) is 0 Å². The second-order valence-corrected chi connectivity index (χ2v) is 6.52. The van der Waals surface area contributed by atoms with E-state index in [0.717, 1.165) is 17.0 Å². The van der Waals surface area contributed by atoms with Gasteiger partial charge in [-0.2, -0.15) is 5.10 Å². The summed E-state index contributed by atoms with van der Waals surface area (Å²) in [4.78, 5) is 12.5. The molecule has 1 atom stereocenters. The lowest BCUT2D eigenvalue weighted by Gasteiger charge is -2.29. The zero-order valence-corrected chi connectivity index (χ0v) is 14.9. The van der Waals surface area contributed by atoms with Crippen molar-refractivity contribution < 1.29 is 9.90 Å². The first-order valence-electron chi connectivity index (χ1n) is 8.09. The Morgan fingerprint density at radius 2 is 1.92 bits per heavy atom. The van der Waals surface area contributed by atoms with Crippen molar-refractivity contribution in [1.82, 2.24) is 15.1 Å². The number of nitrogens with one attached hydrogen (secondary N) is 2. The molecule has 1 unspecified atom stereocenters. The number of carbonyl (C=O) groups is 1. The van der Waals surface area contributed by atoms with Crippen LogP contribution in [0.5, 0.6) is 0 Å². The number of urea groups is 1. The Bertz CT molecular complexity index is 709. The number of amides is 2. The quantitative estimate of drug-likeness (QED) is 0.788. The monoisotopic (exact) mass is 330 g/mol. The number of hydrogen-bond acceptors (Lipinski definition) is 3. The predicted molar refractivity (Wildman–Crippen MR) is 95.1 cm³/mol. The van der Waals surface area contributed by atoms with Gasteiger partial charge in [0.1, 0.15) is 0 Å². The number of benzene rings is 1. The van der Waals surface area contributed by atoms with Crippen LogP contribution in [0.2, 0.25) is 0 Å². The second-order valence-electron chi connectivity index (χ2n) is 6.52. The van der Waals surface area contributed by atoms with Gasteiger partial charge in [-0.05, 0) is 40.2 Å². The summed E-state index contributed by atoms with van der Waals surface area (Å²) >= 11 is 0. The Labute approximate surface area is 142 Å². The lowest BCUT2D eigenvalue weighted by Crippen LogP contribution is -2.48. The maximum Gasteiger partial charge on any atom is 0.320 e. The highest BCUT2D eigenvalue weighted by Gasteiger charge is 2.28. The molecule has 2 aromatic rings. The van der Waals surface area contributed by atoms with E-state index < -0.39 is 5.54 Å². The van der Waals surface area contributed by atoms with E-state index in [4.69, 9.17) is 0 Å². The smallest absolute Gasteiger partial charge is 0.320 e. The van der Waals surface area contributed by atoms with Gasteiger partial charge in [-0.15, -0.1) is 0 Å². The number of anilines is 1. The molecule has 3 N–H and O–H groups in total. The van der Waals surface area contributed by atoms with Gasteiger partial charge < -0.3 is 15.7 Å². The Hall–Kier alpha value is -2.34. The van der Waals surface area contributed by atoms with Crippen LogP contribution in [0.15, 0.2) is 30.3 Å². The van der Waals surface area contributed by atoms with E-state index in [1.165, 1.54) is 0 Å². The third-order valence-electron chi connectivity index (χ3n) is 4.17. The van der Waals surface area contributed by atoms with Gasteiger partial charge in [-0.1, -0.05) is 30.3 Å². The summed E-state index contributed by atoms with van der Waals surface area (Å²) in [5.74, 6) is 0. The van der Waals surface area contributed by atoms with Crippen LogP contribution in [0.25, 0.3) is 0 Å². The van der Waals surface area contributed by atoms with Gasteiger partial charge in [0.15, 0.2) is 0 Å². The summed E-state index contributed by atoms with van der Waals surface area (Å²) in [6, 6.07) is 9.26. The molecule has 2 amide bonds. The van der Waals surface area contributed by atoms with E-state index in [0.29, 0.717) is 5.69 Å². The number of rotatable bonds is 5. The van der Waals surface area contributed by atoms with Crippen molar-refractivity contribution >= 4 is 11.7 Å². The van der Waals surface area contributed by atoms with Gasteiger partial charge in [0.25, 0.3) is 0 Å². The summed E-state index contributed by atoms with van der Waals surface area (Å²) in [6.07, 6.45) is 0.